The van der Waals surface area contributed by atoms with Crippen LogP contribution in [-0.2, 0) is 5.41 Å². The summed E-state index contributed by atoms with van der Waals surface area (Å²) < 4.78 is 4.88. The van der Waals surface area contributed by atoms with Crippen molar-refractivity contribution < 1.29 is 0 Å². The Hall–Kier alpha value is -2.26. The van der Waals surface area contributed by atoms with Crippen LogP contribution < -0.4 is 0 Å². The van der Waals surface area contributed by atoms with Crippen LogP contribution in [0.15, 0.2) is 101 Å². The van der Waals surface area contributed by atoms with Gasteiger partial charge in [-0.15, -0.1) is 0 Å². The molecule has 3 aromatic carbocycles. The molecule has 0 atom stereocenters. The van der Waals surface area contributed by atoms with Crippen molar-refractivity contribution in [2.45, 2.75) is 5.41 Å². The quantitative estimate of drug-likeness (QED) is 0.430. The molecule has 1 aliphatic heterocycles. The highest BCUT2D eigenvalue weighted by Gasteiger charge is 2.46. The first-order valence-electron chi connectivity index (χ1n) is 8.50. The maximum atomic E-state index is 2.49. The lowest BCUT2D eigenvalue weighted by Crippen LogP contribution is -2.29. The van der Waals surface area contributed by atoms with E-state index in [9.17, 15) is 0 Å². The van der Waals surface area contributed by atoms with E-state index in [0.717, 1.165) is 0 Å². The number of allylic oxidation sites excluding steroid dienone is 3. The van der Waals surface area contributed by atoms with E-state index in [0.29, 0.717) is 0 Å². The Morgan fingerprint density at radius 3 is 1.92 bits per heavy atom. The Balaban J connectivity index is 1.96. The van der Waals surface area contributed by atoms with Crippen LogP contribution in [-0.4, -0.2) is 4.01 Å². The summed E-state index contributed by atoms with van der Waals surface area (Å²) in [5.41, 5.74) is 8.15. The number of hydrogen-bond acceptors (Lipinski definition) is 0. The van der Waals surface area contributed by atoms with E-state index in [2.05, 4.69) is 99.1 Å². The van der Waals surface area contributed by atoms with Gasteiger partial charge in [-0.1, -0.05) is 112 Å². The van der Waals surface area contributed by atoms with E-state index in [1.165, 1.54) is 33.4 Å². The van der Waals surface area contributed by atoms with Crippen molar-refractivity contribution in [1.82, 2.24) is 0 Å². The van der Waals surface area contributed by atoms with Crippen molar-refractivity contribution in [2.75, 3.05) is 0 Å². The molecule has 0 N–H and O–H groups in total. The van der Waals surface area contributed by atoms with Gasteiger partial charge in [-0.05, 0) is 41.5 Å². The highest BCUT2D eigenvalue weighted by atomic mass is 127. The van der Waals surface area contributed by atoms with Gasteiger partial charge in [-0.25, -0.2) is 0 Å². The van der Waals surface area contributed by atoms with Crippen molar-refractivity contribution in [3.8, 4) is 0 Å². The first-order chi connectivity index (χ1) is 12.4. The van der Waals surface area contributed by atoms with Gasteiger partial charge in [0.1, 0.15) is 0 Å². The second-order valence-electron chi connectivity index (χ2n) is 6.38. The second kappa shape index (κ2) is 5.92. The average molecular weight is 432 g/mol. The van der Waals surface area contributed by atoms with Crippen molar-refractivity contribution >= 4 is 30.3 Å². The summed E-state index contributed by atoms with van der Waals surface area (Å²) in [6.45, 7) is 0. The molecule has 3 aromatic rings. The summed E-state index contributed by atoms with van der Waals surface area (Å²) in [5.74, 6) is 0. The third kappa shape index (κ3) is 2.09. The number of benzene rings is 3. The number of rotatable bonds is 2. The normalized spacial score (nSPS) is 17.0. The van der Waals surface area contributed by atoms with E-state index in [1.54, 1.807) is 0 Å². The number of hydrogen-bond donors (Lipinski definition) is 0. The zero-order valence-electron chi connectivity index (χ0n) is 13.7. The van der Waals surface area contributed by atoms with Crippen LogP contribution in [0.3, 0.4) is 0 Å². The van der Waals surface area contributed by atoms with Gasteiger partial charge in [0.25, 0.3) is 0 Å². The largest absolute Gasteiger partial charge is 0.0931 e. The van der Waals surface area contributed by atoms with Gasteiger partial charge >= 0.3 is 0 Å². The molecule has 0 fully saturated rings. The van der Waals surface area contributed by atoms with Crippen LogP contribution in [0.2, 0.25) is 0 Å². The van der Waals surface area contributed by atoms with Crippen LogP contribution in [0.1, 0.15) is 22.3 Å². The van der Waals surface area contributed by atoms with Crippen LogP contribution in [0.4, 0.5) is 0 Å². The summed E-state index contributed by atoms with van der Waals surface area (Å²) in [4.78, 5) is 0. The SMILES string of the molecule is C1=CC2=C(C=I1)c1ccccc1C2(c1ccccc1)c1ccccc1. The average Bonchev–Trinajstić information content (AvgIpc) is 3.01. The number of fused-ring (bicyclic) bond motifs is 2. The fraction of sp³-hybridized carbons (Fsp3) is 0.0417. The van der Waals surface area contributed by atoms with Gasteiger partial charge in [-0.2, -0.15) is 0 Å². The highest BCUT2D eigenvalue weighted by Crippen LogP contribution is 2.55. The molecule has 1 heteroatoms. The number of halogens is 1. The van der Waals surface area contributed by atoms with Gasteiger partial charge in [0.2, 0.25) is 0 Å². The zero-order valence-corrected chi connectivity index (χ0v) is 15.9. The van der Waals surface area contributed by atoms with Gasteiger partial charge in [-0.3, -0.25) is 0 Å². The van der Waals surface area contributed by atoms with Crippen LogP contribution in [0.5, 0.6) is 0 Å². The molecule has 0 bridgehead atoms. The minimum atomic E-state index is -0.217. The van der Waals surface area contributed by atoms with E-state index < -0.39 is 0 Å². The lowest BCUT2D eigenvalue weighted by atomic mass is 9.67. The third-order valence-electron chi connectivity index (χ3n) is 5.20. The van der Waals surface area contributed by atoms with Crippen LogP contribution in [0, 0.1) is 0 Å². The molecule has 0 radical (unpaired) electrons. The summed E-state index contributed by atoms with van der Waals surface area (Å²) >= 11 is 0.00904. The van der Waals surface area contributed by atoms with E-state index in [-0.39, 0.29) is 26.1 Å². The van der Waals surface area contributed by atoms with E-state index in [4.69, 9.17) is 0 Å². The molecule has 2 aliphatic rings. The molecule has 1 aliphatic carbocycles. The second-order valence-corrected chi connectivity index (χ2v) is 8.44. The maximum absolute atomic E-state index is 2.49. The minimum Gasteiger partial charge on any atom is -0.0931 e. The van der Waals surface area contributed by atoms with Crippen LogP contribution in [0.25, 0.3) is 5.57 Å². The Bertz CT molecular complexity index is 984. The molecule has 0 saturated heterocycles. The molecule has 0 spiro atoms. The predicted molar refractivity (Wildman–Crippen MR) is 115 cm³/mol. The van der Waals surface area contributed by atoms with E-state index in [1.807, 2.05) is 0 Å². The van der Waals surface area contributed by atoms with Crippen molar-refractivity contribution in [1.29, 1.82) is 0 Å². The van der Waals surface area contributed by atoms with Gasteiger partial charge in [0.15, 0.2) is 0 Å². The van der Waals surface area contributed by atoms with Gasteiger partial charge in [0, 0.05) is 0 Å². The molecule has 0 amide bonds. The maximum Gasteiger partial charge on any atom is 0.0713 e. The van der Waals surface area contributed by atoms with Crippen LogP contribution >= 0.6 is 20.7 Å². The molecule has 5 rings (SSSR count). The predicted octanol–water partition coefficient (Wildman–Crippen LogP) is 6.09. The summed E-state index contributed by atoms with van der Waals surface area (Å²) in [7, 11) is 0. The lowest BCUT2D eigenvalue weighted by Gasteiger charge is -2.35. The standard InChI is InChI=1S/C24H17I/c1-3-9-18(10-4-1)24(19-11-5-2-6-12-19)22-14-8-7-13-20(22)21-17-25-16-15-23(21)24/h1-17H. The third-order valence-corrected chi connectivity index (χ3v) is 6.96. The first-order valence-corrected chi connectivity index (χ1v) is 11.0. The molecular weight excluding hydrogens is 415 g/mol. The molecule has 0 saturated carbocycles. The van der Waals surface area contributed by atoms with Crippen molar-refractivity contribution in [3.05, 3.63) is 123 Å². The fourth-order valence-corrected chi connectivity index (χ4v) is 6.04. The monoisotopic (exact) mass is 432 g/mol. The Morgan fingerprint density at radius 1 is 0.640 bits per heavy atom. The molecule has 0 aromatic heterocycles. The highest BCUT2D eigenvalue weighted by molar-refractivity contribution is 14.2. The first kappa shape index (κ1) is 15.0. The minimum absolute atomic E-state index is 0.00904. The molecule has 120 valence electrons. The van der Waals surface area contributed by atoms with E-state index >= 15 is 0 Å². The van der Waals surface area contributed by atoms with Gasteiger partial charge in [0.05, 0.1) is 5.41 Å². The molecular formula is C24H17I. The summed E-state index contributed by atoms with van der Waals surface area (Å²) in [6, 6.07) is 30.9. The summed E-state index contributed by atoms with van der Waals surface area (Å²) in [5, 5.41) is 0. The molecule has 1 heterocycles. The zero-order chi connectivity index (χ0) is 16.7. The molecule has 0 unspecified atom stereocenters. The summed E-state index contributed by atoms with van der Waals surface area (Å²) in [6.07, 6.45) is 2.39. The smallest absolute Gasteiger partial charge is 0.0713 e. The molecule has 25 heavy (non-hydrogen) atoms. The lowest BCUT2D eigenvalue weighted by molar-refractivity contribution is 0.762. The van der Waals surface area contributed by atoms with Gasteiger partial charge < -0.3 is 0 Å². The van der Waals surface area contributed by atoms with Crippen molar-refractivity contribution in [3.63, 3.8) is 0 Å². The fourth-order valence-electron chi connectivity index (χ4n) is 4.23. The van der Waals surface area contributed by atoms with Crippen molar-refractivity contribution in [2.24, 2.45) is 0 Å². The molecule has 0 nitrogen and oxygen atoms in total. The topological polar surface area (TPSA) is 0 Å². The Kier molecular flexibility index (Phi) is 3.56. The Morgan fingerprint density at radius 2 is 1.24 bits per heavy atom. The Labute approximate surface area is 158 Å².